The monoisotopic (exact) mass is 439 g/mol. The highest BCUT2D eigenvalue weighted by Gasteiger charge is 2.46. The van der Waals surface area contributed by atoms with Crippen LogP contribution < -0.4 is 10.6 Å². The number of aliphatic hydroxyl groups is 1. The molecule has 2 atom stereocenters. The zero-order valence-electron chi connectivity index (χ0n) is 14.5. The maximum absolute atomic E-state index is 14.2. The molecule has 3 N–H and O–H groups in total. The fourth-order valence-corrected chi connectivity index (χ4v) is 2.23. The quantitative estimate of drug-likeness (QED) is 0.608. The first kappa shape index (κ1) is 23.0. The Morgan fingerprint density at radius 1 is 1.10 bits per heavy atom. The van der Waals surface area contributed by atoms with Gasteiger partial charge in [-0.3, -0.25) is 0 Å². The number of nitrogens with one attached hydrogen (secondary N) is 2. The van der Waals surface area contributed by atoms with Crippen molar-refractivity contribution in [2.75, 3.05) is 17.2 Å². The van der Waals surface area contributed by atoms with Crippen molar-refractivity contribution in [2.24, 2.45) is 0 Å². The molecular weight excluding hydrogens is 425 g/mol. The number of allylic oxidation sites excluding steroid dienone is 1. The minimum Gasteiger partial charge on any atom is -0.380 e. The Labute approximate surface area is 157 Å². The van der Waals surface area contributed by atoms with Gasteiger partial charge in [0.2, 0.25) is 11.9 Å². The van der Waals surface area contributed by atoms with Crippen molar-refractivity contribution in [3.63, 3.8) is 0 Å². The van der Waals surface area contributed by atoms with Gasteiger partial charge in [0, 0.05) is 12.0 Å². The van der Waals surface area contributed by atoms with Crippen LogP contribution in [0.5, 0.6) is 0 Å². The van der Waals surface area contributed by atoms with Crippen LogP contribution in [0.15, 0.2) is 5.83 Å². The Bertz CT molecular complexity index is 778. The summed E-state index contributed by atoms with van der Waals surface area (Å²) >= 11 is 0. The summed E-state index contributed by atoms with van der Waals surface area (Å²) in [6.07, 6.45) is -14.1. The normalized spacial score (nSPS) is 21.1. The van der Waals surface area contributed by atoms with Gasteiger partial charge in [0.15, 0.2) is 11.9 Å². The van der Waals surface area contributed by atoms with Gasteiger partial charge in [0.05, 0.1) is 0 Å². The lowest BCUT2D eigenvalue weighted by atomic mass is 9.92. The summed E-state index contributed by atoms with van der Waals surface area (Å²) < 4.78 is 116. The van der Waals surface area contributed by atoms with E-state index in [9.17, 15) is 44.6 Å². The molecule has 0 fully saturated rings. The first-order chi connectivity index (χ1) is 13.1. The highest BCUT2D eigenvalue weighted by Crippen LogP contribution is 2.41. The van der Waals surface area contributed by atoms with Crippen LogP contribution in [0.3, 0.4) is 0 Å². The summed E-state index contributed by atoms with van der Waals surface area (Å²) in [5.74, 6) is -8.05. The van der Waals surface area contributed by atoms with Crippen molar-refractivity contribution in [1.82, 2.24) is 15.0 Å². The van der Waals surface area contributed by atoms with Gasteiger partial charge in [0.1, 0.15) is 18.4 Å². The van der Waals surface area contributed by atoms with Gasteiger partial charge in [-0.15, -0.1) is 0 Å². The third-order valence-electron chi connectivity index (χ3n) is 3.83. The standard InChI is InChI=1S/C14H14F9N5O/c1-5(14(21,22)23)25-11-27-9(26-10(28-11)24-4-13(18,19)20)6-2-3-12(16,17)8(29)7(6)15/h5,8,29H,2-4H2,1H3,(H2,24,25,26,27,28). The fourth-order valence-electron chi connectivity index (χ4n) is 2.23. The lowest BCUT2D eigenvalue weighted by Crippen LogP contribution is -2.37. The molecule has 6 nitrogen and oxygen atoms in total. The van der Waals surface area contributed by atoms with E-state index < -0.39 is 78.9 Å². The van der Waals surface area contributed by atoms with Crippen molar-refractivity contribution in [1.29, 1.82) is 0 Å². The van der Waals surface area contributed by atoms with E-state index in [-0.39, 0.29) is 0 Å². The van der Waals surface area contributed by atoms with Crippen molar-refractivity contribution >= 4 is 17.5 Å². The molecule has 1 aromatic rings. The Morgan fingerprint density at radius 3 is 2.24 bits per heavy atom. The average Bonchev–Trinajstić information content (AvgIpc) is 2.56. The van der Waals surface area contributed by atoms with Gasteiger partial charge in [-0.05, 0) is 13.3 Å². The largest absolute Gasteiger partial charge is 0.408 e. The minimum absolute atomic E-state index is 0.664. The predicted molar refractivity (Wildman–Crippen MR) is 81.7 cm³/mol. The number of halogens is 9. The Kier molecular flexibility index (Phi) is 6.20. The highest BCUT2D eigenvalue weighted by molar-refractivity contribution is 5.66. The molecular formula is C14H14F9N5O. The molecule has 29 heavy (non-hydrogen) atoms. The Hall–Kier alpha value is -2.32. The zero-order chi connectivity index (χ0) is 22.2. The van der Waals surface area contributed by atoms with Crippen LogP contribution in [0.25, 0.3) is 5.57 Å². The van der Waals surface area contributed by atoms with Gasteiger partial charge in [-0.2, -0.15) is 41.3 Å². The zero-order valence-corrected chi connectivity index (χ0v) is 14.5. The van der Waals surface area contributed by atoms with E-state index in [1.54, 1.807) is 10.6 Å². The number of rotatable bonds is 5. The SMILES string of the molecule is CC(Nc1nc(NCC(F)(F)F)nc(C2=C(F)C(O)C(F)(F)CC2)n1)C(F)(F)F. The first-order valence-electron chi connectivity index (χ1n) is 7.95. The minimum atomic E-state index is -4.78. The number of hydrogen-bond donors (Lipinski definition) is 3. The van der Waals surface area contributed by atoms with Crippen LogP contribution in [-0.2, 0) is 0 Å². The third-order valence-corrected chi connectivity index (χ3v) is 3.83. The second-order valence-electron chi connectivity index (χ2n) is 6.17. The van der Waals surface area contributed by atoms with Crippen molar-refractivity contribution in [3.05, 3.63) is 11.7 Å². The Morgan fingerprint density at radius 2 is 1.69 bits per heavy atom. The molecule has 1 aliphatic carbocycles. The van der Waals surface area contributed by atoms with Crippen LogP contribution >= 0.6 is 0 Å². The summed E-state index contributed by atoms with van der Waals surface area (Å²) in [6, 6.07) is -2.24. The number of alkyl halides is 8. The molecule has 0 saturated heterocycles. The molecule has 0 radical (unpaired) electrons. The first-order valence-corrected chi connectivity index (χ1v) is 7.95. The van der Waals surface area contributed by atoms with Crippen molar-refractivity contribution < 1.29 is 44.6 Å². The number of aromatic nitrogens is 3. The maximum atomic E-state index is 14.2. The number of anilines is 2. The molecule has 0 amide bonds. The second kappa shape index (κ2) is 7.84. The molecule has 164 valence electrons. The smallest absolute Gasteiger partial charge is 0.380 e. The topological polar surface area (TPSA) is 83.0 Å². The summed E-state index contributed by atoms with van der Waals surface area (Å²) in [5.41, 5.74) is -0.677. The van der Waals surface area contributed by atoms with Gasteiger partial charge in [-0.1, -0.05) is 0 Å². The lowest BCUT2D eigenvalue weighted by Gasteiger charge is -2.27. The van der Waals surface area contributed by atoms with Crippen LogP contribution in [-0.4, -0.2) is 57.0 Å². The Balaban J connectivity index is 2.45. The number of nitrogens with zero attached hydrogens (tertiary/aromatic N) is 3. The molecule has 0 bridgehead atoms. The van der Waals surface area contributed by atoms with Crippen LogP contribution in [0, 0.1) is 0 Å². The van der Waals surface area contributed by atoms with E-state index in [1.165, 1.54) is 0 Å². The van der Waals surface area contributed by atoms with Crippen LogP contribution in [0.2, 0.25) is 0 Å². The molecule has 0 aliphatic heterocycles. The summed E-state index contributed by atoms with van der Waals surface area (Å²) in [5, 5.41) is 12.8. The maximum Gasteiger partial charge on any atom is 0.408 e. The van der Waals surface area contributed by atoms with Crippen LogP contribution in [0.1, 0.15) is 25.6 Å². The number of hydrogen-bond acceptors (Lipinski definition) is 6. The molecule has 1 aromatic heterocycles. The van der Waals surface area contributed by atoms with Crippen LogP contribution in [0.4, 0.5) is 51.4 Å². The highest BCUT2D eigenvalue weighted by atomic mass is 19.4. The summed E-state index contributed by atoms with van der Waals surface area (Å²) in [6.45, 7) is -1.01. The average molecular weight is 439 g/mol. The van der Waals surface area contributed by atoms with Gasteiger partial charge >= 0.3 is 12.4 Å². The lowest BCUT2D eigenvalue weighted by molar-refractivity contribution is -0.138. The van der Waals surface area contributed by atoms with E-state index >= 15 is 0 Å². The van der Waals surface area contributed by atoms with E-state index in [0.29, 0.717) is 6.92 Å². The molecule has 0 aromatic carbocycles. The van der Waals surface area contributed by atoms with E-state index in [1.807, 2.05) is 0 Å². The molecule has 2 unspecified atom stereocenters. The van der Waals surface area contributed by atoms with E-state index in [2.05, 4.69) is 15.0 Å². The van der Waals surface area contributed by atoms with Gasteiger partial charge < -0.3 is 15.7 Å². The van der Waals surface area contributed by atoms with Gasteiger partial charge in [0.25, 0.3) is 5.92 Å². The number of aliphatic hydroxyl groups excluding tert-OH is 1. The van der Waals surface area contributed by atoms with Crippen molar-refractivity contribution in [3.8, 4) is 0 Å². The molecule has 0 spiro atoms. The molecule has 2 rings (SSSR count). The molecule has 1 heterocycles. The summed E-state index contributed by atoms with van der Waals surface area (Å²) in [4.78, 5) is 10.3. The molecule has 15 heteroatoms. The molecule has 1 aliphatic rings. The van der Waals surface area contributed by atoms with E-state index in [0.717, 1.165) is 0 Å². The fraction of sp³-hybridized carbons (Fsp3) is 0.643. The predicted octanol–water partition coefficient (Wildman–Crippen LogP) is 3.68. The van der Waals surface area contributed by atoms with E-state index in [4.69, 9.17) is 0 Å². The summed E-state index contributed by atoms with van der Waals surface area (Å²) in [7, 11) is 0. The van der Waals surface area contributed by atoms with Crippen molar-refractivity contribution in [2.45, 2.75) is 50.2 Å². The second-order valence-corrected chi connectivity index (χ2v) is 6.17. The molecule has 0 saturated carbocycles. The van der Waals surface area contributed by atoms with Gasteiger partial charge in [-0.25, -0.2) is 13.2 Å². The third kappa shape index (κ3) is 5.83.